The van der Waals surface area contributed by atoms with E-state index in [9.17, 15) is 0 Å². The van der Waals surface area contributed by atoms with E-state index in [-0.39, 0.29) is 0 Å². The van der Waals surface area contributed by atoms with E-state index in [0.29, 0.717) is 19.1 Å². The average molecular weight is 349 g/mol. The summed E-state index contributed by atoms with van der Waals surface area (Å²) in [5, 5.41) is 6.64. The molecule has 0 saturated heterocycles. The molecule has 25 heavy (non-hydrogen) atoms. The molecular weight excluding hydrogens is 312 g/mol. The van der Waals surface area contributed by atoms with E-state index < -0.39 is 0 Å². The second-order valence-corrected chi connectivity index (χ2v) is 6.92. The Bertz CT molecular complexity index is 500. The van der Waals surface area contributed by atoms with Crippen molar-refractivity contribution in [3.63, 3.8) is 0 Å². The molecular formula is C20H36N4O. The first-order valence-corrected chi connectivity index (χ1v) is 9.34. The molecule has 0 amide bonds. The molecule has 0 fully saturated rings. The summed E-state index contributed by atoms with van der Waals surface area (Å²) in [6, 6.07) is 8.49. The normalized spacial score (nSPS) is 12.0. The van der Waals surface area contributed by atoms with Gasteiger partial charge in [-0.05, 0) is 44.5 Å². The third-order valence-corrected chi connectivity index (χ3v) is 3.74. The Balaban J connectivity index is 2.50. The number of guanidine groups is 1. The van der Waals surface area contributed by atoms with Gasteiger partial charge in [-0.25, -0.2) is 4.99 Å². The molecule has 0 unspecified atom stereocenters. The molecule has 0 aromatic heterocycles. The minimum absolute atomic E-state index is 0.674. The van der Waals surface area contributed by atoms with Gasteiger partial charge in [0.1, 0.15) is 0 Å². The van der Waals surface area contributed by atoms with Crippen molar-refractivity contribution in [2.24, 2.45) is 10.9 Å². The van der Waals surface area contributed by atoms with E-state index in [1.165, 1.54) is 11.1 Å². The van der Waals surface area contributed by atoms with Crippen LogP contribution in [0.5, 0.6) is 0 Å². The second-order valence-electron chi connectivity index (χ2n) is 6.92. The average Bonchev–Trinajstić information content (AvgIpc) is 2.56. The van der Waals surface area contributed by atoms with Crippen LogP contribution in [0.3, 0.4) is 0 Å². The van der Waals surface area contributed by atoms with Crippen LogP contribution in [0.25, 0.3) is 0 Å². The summed E-state index contributed by atoms with van der Waals surface area (Å²) in [5.41, 5.74) is 2.59. The Kier molecular flexibility index (Phi) is 10.9. The SMILES string of the molecule is CCNC(=NCc1ccccc1CN(C)C)NCCOCCC(C)C. The second kappa shape index (κ2) is 12.7. The van der Waals surface area contributed by atoms with Crippen molar-refractivity contribution in [3.8, 4) is 0 Å². The first-order valence-electron chi connectivity index (χ1n) is 9.34. The zero-order valence-corrected chi connectivity index (χ0v) is 16.6. The van der Waals surface area contributed by atoms with Crippen molar-refractivity contribution in [2.75, 3.05) is 40.4 Å². The van der Waals surface area contributed by atoms with Crippen molar-refractivity contribution in [3.05, 3.63) is 35.4 Å². The van der Waals surface area contributed by atoms with Gasteiger partial charge in [0.25, 0.3) is 0 Å². The van der Waals surface area contributed by atoms with Crippen molar-refractivity contribution in [1.82, 2.24) is 15.5 Å². The number of hydrogen-bond acceptors (Lipinski definition) is 3. The number of ether oxygens (including phenoxy) is 1. The molecule has 5 heteroatoms. The highest BCUT2D eigenvalue weighted by atomic mass is 16.5. The highest BCUT2D eigenvalue weighted by molar-refractivity contribution is 5.79. The van der Waals surface area contributed by atoms with E-state index in [1.807, 2.05) is 0 Å². The van der Waals surface area contributed by atoms with Gasteiger partial charge < -0.3 is 20.3 Å². The molecule has 1 aromatic rings. The van der Waals surface area contributed by atoms with Crippen molar-refractivity contribution < 1.29 is 4.74 Å². The van der Waals surface area contributed by atoms with Crippen LogP contribution in [-0.4, -0.2) is 51.3 Å². The Morgan fingerprint density at radius 2 is 1.84 bits per heavy atom. The van der Waals surface area contributed by atoms with E-state index in [2.05, 4.69) is 74.7 Å². The molecule has 5 nitrogen and oxygen atoms in total. The number of nitrogens with one attached hydrogen (secondary N) is 2. The number of aliphatic imine (C=N–C) groups is 1. The topological polar surface area (TPSA) is 48.9 Å². The molecule has 1 aromatic carbocycles. The summed E-state index contributed by atoms with van der Waals surface area (Å²) in [4.78, 5) is 6.90. The molecule has 142 valence electrons. The molecule has 1 rings (SSSR count). The highest BCUT2D eigenvalue weighted by Gasteiger charge is 2.03. The number of hydrogen-bond donors (Lipinski definition) is 2. The zero-order chi connectivity index (χ0) is 18.5. The van der Waals surface area contributed by atoms with Crippen LogP contribution in [-0.2, 0) is 17.8 Å². The smallest absolute Gasteiger partial charge is 0.191 e. The van der Waals surface area contributed by atoms with Gasteiger partial charge in [0.05, 0.1) is 13.2 Å². The predicted molar refractivity (Wildman–Crippen MR) is 107 cm³/mol. The molecule has 0 bridgehead atoms. The Hall–Kier alpha value is -1.59. The van der Waals surface area contributed by atoms with Crippen molar-refractivity contribution in [1.29, 1.82) is 0 Å². The third kappa shape index (κ3) is 10.1. The van der Waals surface area contributed by atoms with E-state index in [4.69, 9.17) is 9.73 Å². The molecule has 0 spiro atoms. The lowest BCUT2D eigenvalue weighted by Crippen LogP contribution is -2.39. The van der Waals surface area contributed by atoms with Gasteiger partial charge >= 0.3 is 0 Å². The highest BCUT2D eigenvalue weighted by Crippen LogP contribution is 2.11. The summed E-state index contributed by atoms with van der Waals surface area (Å²) in [7, 11) is 4.18. The zero-order valence-electron chi connectivity index (χ0n) is 16.6. The fourth-order valence-electron chi connectivity index (χ4n) is 2.38. The maximum atomic E-state index is 5.65. The van der Waals surface area contributed by atoms with Gasteiger partial charge in [-0.3, -0.25) is 0 Å². The number of benzene rings is 1. The van der Waals surface area contributed by atoms with Gasteiger partial charge in [-0.15, -0.1) is 0 Å². The fourth-order valence-corrected chi connectivity index (χ4v) is 2.38. The molecule has 0 atom stereocenters. The van der Waals surface area contributed by atoms with Crippen LogP contribution in [0.4, 0.5) is 0 Å². The fraction of sp³-hybridized carbons (Fsp3) is 0.650. The quantitative estimate of drug-likeness (QED) is 0.367. The molecule has 0 heterocycles. The van der Waals surface area contributed by atoms with Gasteiger partial charge in [-0.2, -0.15) is 0 Å². The maximum Gasteiger partial charge on any atom is 0.191 e. The molecule has 0 radical (unpaired) electrons. The molecule has 0 aliphatic rings. The molecule has 0 saturated carbocycles. The summed E-state index contributed by atoms with van der Waals surface area (Å²) < 4.78 is 5.65. The minimum atomic E-state index is 0.674. The van der Waals surface area contributed by atoms with Crippen LogP contribution >= 0.6 is 0 Å². The Morgan fingerprint density at radius 1 is 1.12 bits per heavy atom. The van der Waals surface area contributed by atoms with Crippen LogP contribution in [0.2, 0.25) is 0 Å². The van der Waals surface area contributed by atoms with E-state index >= 15 is 0 Å². The molecule has 0 aliphatic carbocycles. The van der Waals surface area contributed by atoms with Crippen LogP contribution in [0.15, 0.2) is 29.3 Å². The van der Waals surface area contributed by atoms with E-state index in [0.717, 1.165) is 38.6 Å². The lowest BCUT2D eigenvalue weighted by molar-refractivity contribution is 0.128. The van der Waals surface area contributed by atoms with Crippen LogP contribution < -0.4 is 10.6 Å². The summed E-state index contributed by atoms with van der Waals surface area (Å²) in [5.74, 6) is 1.53. The first kappa shape index (κ1) is 21.5. The maximum absolute atomic E-state index is 5.65. The lowest BCUT2D eigenvalue weighted by atomic mass is 10.1. The summed E-state index contributed by atoms with van der Waals surface area (Å²) in [6.07, 6.45) is 1.11. The minimum Gasteiger partial charge on any atom is -0.380 e. The van der Waals surface area contributed by atoms with Gasteiger partial charge in [0.15, 0.2) is 5.96 Å². The van der Waals surface area contributed by atoms with Gasteiger partial charge in [0, 0.05) is 26.2 Å². The van der Waals surface area contributed by atoms with Crippen molar-refractivity contribution in [2.45, 2.75) is 40.3 Å². The monoisotopic (exact) mass is 348 g/mol. The summed E-state index contributed by atoms with van der Waals surface area (Å²) >= 11 is 0. The Morgan fingerprint density at radius 3 is 2.48 bits per heavy atom. The standard InChI is InChI=1S/C20H36N4O/c1-6-21-20(22-12-14-25-13-11-17(2)3)23-15-18-9-7-8-10-19(18)16-24(4)5/h7-10,17H,6,11-16H2,1-5H3,(H2,21,22,23). The summed E-state index contributed by atoms with van der Waals surface area (Å²) in [6.45, 7) is 11.3. The molecule has 2 N–H and O–H groups in total. The van der Waals surface area contributed by atoms with E-state index in [1.54, 1.807) is 0 Å². The van der Waals surface area contributed by atoms with Crippen LogP contribution in [0, 0.1) is 5.92 Å². The predicted octanol–water partition coefficient (Wildman–Crippen LogP) is 2.87. The van der Waals surface area contributed by atoms with Gasteiger partial charge in [0.2, 0.25) is 0 Å². The molecule has 0 aliphatic heterocycles. The first-order chi connectivity index (χ1) is 12.0. The van der Waals surface area contributed by atoms with Crippen molar-refractivity contribution >= 4 is 5.96 Å². The third-order valence-electron chi connectivity index (χ3n) is 3.74. The Labute approximate surface area is 153 Å². The van der Waals surface area contributed by atoms with Crippen LogP contribution in [0.1, 0.15) is 38.3 Å². The lowest BCUT2D eigenvalue weighted by Gasteiger charge is -2.15. The number of rotatable bonds is 11. The van der Waals surface area contributed by atoms with Gasteiger partial charge in [-0.1, -0.05) is 38.1 Å². The largest absolute Gasteiger partial charge is 0.380 e. The number of nitrogens with zero attached hydrogens (tertiary/aromatic N) is 2.